The maximum atomic E-state index is 8.00. The summed E-state index contributed by atoms with van der Waals surface area (Å²) in [5, 5.41) is 9.52. The molecule has 0 heterocycles. The van der Waals surface area contributed by atoms with Crippen LogP contribution in [0.25, 0.3) is 0 Å². The topological polar surface area (TPSA) is 17.1 Å². The summed E-state index contributed by atoms with van der Waals surface area (Å²) >= 11 is 0. The first-order valence-corrected chi connectivity index (χ1v) is 40.3. The van der Waals surface area contributed by atoms with Gasteiger partial charge in [0.25, 0.3) is 0 Å². The number of carbonyl (C=O) groups is 1. The van der Waals surface area contributed by atoms with Crippen LogP contribution in [0.1, 0.15) is 20.8 Å². The van der Waals surface area contributed by atoms with Gasteiger partial charge in [-0.2, -0.15) is 0 Å². The second-order valence-electron chi connectivity index (χ2n) is 17.9. The largest absolute Gasteiger partial charge is 0.307 e. The zero-order valence-corrected chi connectivity index (χ0v) is 46.1. The summed E-state index contributed by atoms with van der Waals surface area (Å²) in [6.07, 6.45) is 3.82. The summed E-state index contributed by atoms with van der Waals surface area (Å²) in [7, 11) is -3.92. The van der Waals surface area contributed by atoms with Gasteiger partial charge in [-0.1, -0.05) is 109 Å². The summed E-state index contributed by atoms with van der Waals surface area (Å²) in [6.45, 7) is 28.3. The first-order valence-electron chi connectivity index (χ1n) is 21.3. The zero-order chi connectivity index (χ0) is 43.8. The Morgan fingerprint density at radius 1 is 0.300 bits per heavy atom. The van der Waals surface area contributed by atoms with Crippen LogP contribution in [-0.2, 0) is 24.3 Å². The minimum Gasteiger partial charge on any atom is -0.307 e. The van der Waals surface area contributed by atoms with Gasteiger partial charge in [0.1, 0.15) is 6.79 Å². The van der Waals surface area contributed by atoms with Gasteiger partial charge in [-0.05, 0) is 152 Å². The molecule has 0 aliphatic rings. The van der Waals surface area contributed by atoms with Gasteiger partial charge in [0.2, 0.25) is 23.2 Å². The molecule has 0 atom stereocenters. The summed E-state index contributed by atoms with van der Waals surface area (Å²) in [5.41, 5.74) is 0. The smallest absolute Gasteiger partial charge is 0.232 e. The Balaban J connectivity index is 0.000000301. The predicted molar refractivity (Wildman–Crippen MR) is 286 cm³/mol. The summed E-state index contributed by atoms with van der Waals surface area (Å²) in [5.74, 6) is 0. The Hall–Kier alpha value is -2.45. The number of benzene rings is 6. The Morgan fingerprint density at radius 3 is 0.500 bits per heavy atom. The molecule has 0 fully saturated rings. The molecule has 6 aromatic carbocycles. The van der Waals surface area contributed by atoms with Gasteiger partial charge in [0.05, 0.1) is 50.3 Å². The third-order valence-electron chi connectivity index (χ3n) is 12.0. The molecule has 0 unspecified atom stereocenters. The number of carbonyl (C=O) groups excluding carboxylic acids is 1. The second-order valence-corrected chi connectivity index (χ2v) is 59.7. The van der Waals surface area contributed by atoms with Gasteiger partial charge in [0.15, 0.2) is 0 Å². The molecular weight excluding hydrogens is 921 g/mol. The molecule has 0 aliphatic carbocycles. The number of hydrogen-bond donors (Lipinski definition) is 0. The first kappa shape index (κ1) is 53.7. The molecular formula is C52H74OP3RhSi3+3. The standard InChI is InChI=1S/3C17H24PSi.CH2O.Rh/c3*1-5-18(19(2,3)4,16-12-8-6-9-13-16)17-14-10-7-11-15-17;1-2;/h3*6-15H,5H2,1-4H3;1H2;/q3*+1;;. The zero-order valence-electron chi connectivity index (χ0n) is 38.7. The van der Waals surface area contributed by atoms with Crippen molar-refractivity contribution in [2.24, 2.45) is 0 Å². The van der Waals surface area contributed by atoms with E-state index < -0.39 is 43.7 Å². The average molecular weight is 995 g/mol. The van der Waals surface area contributed by atoms with Gasteiger partial charge < -0.3 is 4.79 Å². The van der Waals surface area contributed by atoms with Crippen molar-refractivity contribution in [3.05, 3.63) is 182 Å². The molecule has 8 heteroatoms. The molecule has 60 heavy (non-hydrogen) atoms. The Kier molecular flexibility index (Phi) is 21.8. The molecule has 6 aromatic rings. The molecule has 0 bridgehead atoms. The number of rotatable bonds is 12. The maximum Gasteiger partial charge on any atom is 0.232 e. The van der Waals surface area contributed by atoms with Gasteiger partial charge >= 0.3 is 0 Å². The fraction of sp³-hybridized carbons (Fsp3) is 0.288. The maximum absolute atomic E-state index is 8.00. The van der Waals surface area contributed by atoms with Crippen LogP contribution < -0.4 is 31.8 Å². The monoisotopic (exact) mass is 994 g/mol. The molecule has 321 valence electrons. The Morgan fingerprint density at radius 2 is 0.417 bits per heavy atom. The van der Waals surface area contributed by atoms with Gasteiger partial charge in [-0.3, -0.25) is 0 Å². The van der Waals surface area contributed by atoms with Crippen LogP contribution in [-0.4, -0.2) is 48.5 Å². The van der Waals surface area contributed by atoms with Crippen LogP contribution in [0.3, 0.4) is 0 Å². The SMILES string of the molecule is C=O.CC[P+](c1ccccc1)(c1ccccc1)[Si](C)(C)C.CC[P+](c1ccccc1)(c1ccccc1)[Si](C)(C)C.CC[P+](c1ccccc1)(c1ccccc1)[Si](C)(C)C.[Rh]. The summed E-state index contributed by atoms with van der Waals surface area (Å²) in [4.78, 5) is 8.00. The van der Waals surface area contributed by atoms with Crippen LogP contribution in [0.5, 0.6) is 0 Å². The van der Waals surface area contributed by atoms with E-state index in [2.05, 4.69) is 262 Å². The Labute approximate surface area is 384 Å². The second kappa shape index (κ2) is 24.4. The van der Waals surface area contributed by atoms with E-state index in [0.717, 1.165) is 0 Å². The normalized spacial score (nSPS) is 11.9. The van der Waals surface area contributed by atoms with E-state index in [9.17, 15) is 0 Å². The van der Waals surface area contributed by atoms with Crippen molar-refractivity contribution in [1.29, 1.82) is 0 Å². The van der Waals surface area contributed by atoms with Crippen molar-refractivity contribution >= 4 is 82.3 Å². The summed E-state index contributed by atoms with van der Waals surface area (Å²) in [6, 6.07) is 67.3. The third-order valence-corrected chi connectivity index (χ3v) is 56.9. The minimum atomic E-state index is -1.31. The quantitative estimate of drug-likeness (QED) is 0.0882. The van der Waals surface area contributed by atoms with Gasteiger partial charge in [-0.15, -0.1) is 0 Å². The Bertz CT molecular complexity index is 1700. The van der Waals surface area contributed by atoms with E-state index in [-0.39, 0.29) is 19.5 Å². The summed E-state index contributed by atoms with van der Waals surface area (Å²) < 4.78 is 0. The fourth-order valence-electron chi connectivity index (χ4n) is 9.38. The molecule has 0 saturated heterocycles. The van der Waals surface area contributed by atoms with Crippen molar-refractivity contribution < 1.29 is 24.3 Å². The third kappa shape index (κ3) is 12.0. The molecule has 0 aromatic heterocycles. The number of hydrogen-bond acceptors (Lipinski definition) is 1. The molecule has 0 aliphatic heterocycles. The first-order chi connectivity index (χ1) is 28.1. The molecule has 0 saturated carbocycles. The van der Waals surface area contributed by atoms with E-state index in [1.807, 2.05) is 6.79 Å². The van der Waals surface area contributed by atoms with Gasteiger partial charge in [-0.25, -0.2) is 0 Å². The van der Waals surface area contributed by atoms with E-state index in [0.29, 0.717) is 0 Å². The minimum absolute atomic E-state index is 0. The molecule has 1 nitrogen and oxygen atoms in total. The van der Waals surface area contributed by atoms with Crippen molar-refractivity contribution in [3.63, 3.8) is 0 Å². The predicted octanol–water partition coefficient (Wildman–Crippen LogP) is 13.3. The van der Waals surface area contributed by atoms with Crippen LogP contribution in [0.15, 0.2) is 182 Å². The van der Waals surface area contributed by atoms with Crippen molar-refractivity contribution in [3.8, 4) is 0 Å². The average Bonchev–Trinajstić information content (AvgIpc) is 3.24. The van der Waals surface area contributed by atoms with E-state index in [4.69, 9.17) is 4.79 Å². The molecule has 1 radical (unpaired) electrons. The van der Waals surface area contributed by atoms with Crippen LogP contribution >= 0.6 is 20.4 Å². The van der Waals surface area contributed by atoms with Crippen LogP contribution in [0.2, 0.25) is 58.9 Å². The molecule has 0 amide bonds. The van der Waals surface area contributed by atoms with Crippen LogP contribution in [0, 0.1) is 0 Å². The molecule has 6 rings (SSSR count). The van der Waals surface area contributed by atoms with Crippen molar-refractivity contribution in [2.75, 3.05) is 18.5 Å². The van der Waals surface area contributed by atoms with E-state index in [1.54, 1.807) is 31.8 Å². The van der Waals surface area contributed by atoms with Crippen molar-refractivity contribution in [1.82, 2.24) is 0 Å². The van der Waals surface area contributed by atoms with Gasteiger partial charge in [0, 0.05) is 39.9 Å². The fourth-order valence-corrected chi connectivity index (χ4v) is 49.2. The van der Waals surface area contributed by atoms with E-state index in [1.165, 1.54) is 18.5 Å². The molecule has 0 spiro atoms. The van der Waals surface area contributed by atoms with Crippen LogP contribution in [0.4, 0.5) is 0 Å². The van der Waals surface area contributed by atoms with Crippen molar-refractivity contribution in [2.45, 2.75) is 79.7 Å². The molecule has 0 N–H and O–H groups in total. The van der Waals surface area contributed by atoms with E-state index >= 15 is 0 Å².